The Labute approximate surface area is 171 Å². The van der Waals surface area contributed by atoms with Crippen LogP contribution in [0.3, 0.4) is 0 Å². The van der Waals surface area contributed by atoms with Crippen molar-refractivity contribution in [2.45, 2.75) is 19.9 Å². The maximum absolute atomic E-state index is 13.9. The quantitative estimate of drug-likeness (QED) is 0.545. The van der Waals surface area contributed by atoms with Crippen LogP contribution in [0.5, 0.6) is 0 Å². The third-order valence-electron chi connectivity index (χ3n) is 4.52. The van der Waals surface area contributed by atoms with Crippen molar-refractivity contribution in [3.05, 3.63) is 82.4 Å². The van der Waals surface area contributed by atoms with Gasteiger partial charge in [-0.05, 0) is 31.2 Å². The SMILES string of the molecule is Cc1ccc(-c2ccc3nnc(CNC(=O)Cc4c(F)cccc4Cl)n3n2)cc1. The molecule has 0 saturated carbocycles. The predicted molar refractivity (Wildman–Crippen MR) is 108 cm³/mol. The number of benzene rings is 2. The number of fused-ring (bicyclic) bond motifs is 1. The number of carbonyl (C=O) groups is 1. The zero-order chi connectivity index (χ0) is 20.4. The molecule has 0 aliphatic heterocycles. The minimum absolute atomic E-state index is 0.108. The molecule has 1 amide bonds. The summed E-state index contributed by atoms with van der Waals surface area (Å²) in [7, 11) is 0. The molecule has 2 aromatic heterocycles. The van der Waals surface area contributed by atoms with Gasteiger partial charge in [0.15, 0.2) is 11.5 Å². The highest BCUT2D eigenvalue weighted by molar-refractivity contribution is 6.31. The first-order valence-electron chi connectivity index (χ1n) is 8.99. The summed E-state index contributed by atoms with van der Waals surface area (Å²) in [6.07, 6.45) is -0.162. The average Bonchev–Trinajstić information content (AvgIpc) is 3.12. The molecule has 0 bridgehead atoms. The number of hydrogen-bond acceptors (Lipinski definition) is 4. The van der Waals surface area contributed by atoms with Crippen LogP contribution >= 0.6 is 11.6 Å². The molecule has 8 heteroatoms. The fraction of sp³-hybridized carbons (Fsp3) is 0.143. The first-order valence-corrected chi connectivity index (χ1v) is 9.37. The Hall–Kier alpha value is -3.32. The number of rotatable bonds is 5. The summed E-state index contributed by atoms with van der Waals surface area (Å²) in [5, 5.41) is 15.7. The van der Waals surface area contributed by atoms with Crippen LogP contribution < -0.4 is 5.32 Å². The van der Waals surface area contributed by atoms with Gasteiger partial charge in [0.2, 0.25) is 5.91 Å². The van der Waals surface area contributed by atoms with Crippen molar-refractivity contribution in [3.8, 4) is 11.3 Å². The molecule has 0 fully saturated rings. The summed E-state index contributed by atoms with van der Waals surface area (Å²) < 4.78 is 15.5. The van der Waals surface area contributed by atoms with Gasteiger partial charge in [0.05, 0.1) is 18.7 Å². The van der Waals surface area contributed by atoms with Crippen molar-refractivity contribution in [2.75, 3.05) is 0 Å². The third-order valence-corrected chi connectivity index (χ3v) is 4.87. The minimum atomic E-state index is -0.509. The molecule has 0 radical (unpaired) electrons. The maximum Gasteiger partial charge on any atom is 0.224 e. The highest BCUT2D eigenvalue weighted by Gasteiger charge is 2.14. The fourth-order valence-corrected chi connectivity index (χ4v) is 3.15. The molecule has 0 spiro atoms. The summed E-state index contributed by atoms with van der Waals surface area (Å²) in [6.45, 7) is 2.13. The molecule has 0 aliphatic carbocycles. The molecule has 0 aliphatic rings. The summed E-state index contributed by atoms with van der Waals surface area (Å²) in [4.78, 5) is 12.3. The second kappa shape index (κ2) is 7.97. The van der Waals surface area contributed by atoms with Crippen molar-refractivity contribution in [1.82, 2.24) is 25.1 Å². The Morgan fingerprint density at radius 2 is 1.90 bits per heavy atom. The second-order valence-corrected chi connectivity index (χ2v) is 7.03. The molecule has 4 aromatic rings. The van der Waals surface area contributed by atoms with Crippen molar-refractivity contribution in [3.63, 3.8) is 0 Å². The van der Waals surface area contributed by atoms with E-state index in [4.69, 9.17) is 11.6 Å². The molecule has 1 N–H and O–H groups in total. The van der Waals surface area contributed by atoms with Gasteiger partial charge in [-0.15, -0.1) is 10.2 Å². The Balaban J connectivity index is 1.51. The number of carbonyl (C=O) groups excluding carboxylic acids is 1. The van der Waals surface area contributed by atoms with Crippen molar-refractivity contribution in [1.29, 1.82) is 0 Å². The van der Waals surface area contributed by atoms with Gasteiger partial charge in [-0.3, -0.25) is 4.79 Å². The molecule has 2 heterocycles. The van der Waals surface area contributed by atoms with Gasteiger partial charge in [-0.2, -0.15) is 9.61 Å². The van der Waals surface area contributed by atoms with Crippen molar-refractivity contribution >= 4 is 23.2 Å². The van der Waals surface area contributed by atoms with E-state index in [-0.39, 0.29) is 29.5 Å². The molecule has 6 nitrogen and oxygen atoms in total. The van der Waals surface area contributed by atoms with Gasteiger partial charge in [0, 0.05) is 16.1 Å². The molecule has 4 rings (SSSR count). The summed E-state index contributed by atoms with van der Waals surface area (Å²) >= 11 is 5.98. The zero-order valence-electron chi connectivity index (χ0n) is 15.6. The topological polar surface area (TPSA) is 72.2 Å². The van der Waals surface area contributed by atoms with Crippen LogP contribution in [-0.4, -0.2) is 25.7 Å². The number of halogens is 2. The lowest BCUT2D eigenvalue weighted by Crippen LogP contribution is -2.26. The maximum atomic E-state index is 13.9. The second-order valence-electron chi connectivity index (χ2n) is 6.62. The minimum Gasteiger partial charge on any atom is -0.348 e. The first kappa shape index (κ1) is 19.0. The molecular formula is C21H17ClFN5O. The first-order chi connectivity index (χ1) is 14.0. The molecule has 0 saturated heterocycles. The van der Waals surface area contributed by atoms with Crippen LogP contribution in [0.4, 0.5) is 4.39 Å². The molecule has 0 atom stereocenters. The predicted octanol–water partition coefficient (Wildman–Crippen LogP) is 3.75. The molecule has 146 valence electrons. The Kier molecular flexibility index (Phi) is 5.22. The number of nitrogens with zero attached hydrogens (tertiary/aromatic N) is 4. The summed E-state index contributed by atoms with van der Waals surface area (Å²) in [5.74, 6) is -0.407. The van der Waals surface area contributed by atoms with Crippen molar-refractivity contribution in [2.24, 2.45) is 0 Å². The van der Waals surface area contributed by atoms with Gasteiger partial charge in [-0.1, -0.05) is 47.5 Å². The van der Waals surface area contributed by atoms with Crippen LogP contribution in [-0.2, 0) is 17.8 Å². The van der Waals surface area contributed by atoms with E-state index in [2.05, 4.69) is 20.6 Å². The molecule has 2 aromatic carbocycles. The number of hydrogen-bond donors (Lipinski definition) is 1. The molecular weight excluding hydrogens is 393 g/mol. The fourth-order valence-electron chi connectivity index (χ4n) is 2.92. The molecule has 29 heavy (non-hydrogen) atoms. The highest BCUT2D eigenvalue weighted by Crippen LogP contribution is 2.20. The van der Waals surface area contributed by atoms with Crippen LogP contribution in [0.15, 0.2) is 54.6 Å². The van der Waals surface area contributed by atoms with Crippen LogP contribution in [0.25, 0.3) is 16.9 Å². The Bertz CT molecular complexity index is 1170. The van der Waals surface area contributed by atoms with E-state index in [0.29, 0.717) is 11.5 Å². The van der Waals surface area contributed by atoms with Gasteiger partial charge >= 0.3 is 0 Å². The van der Waals surface area contributed by atoms with E-state index < -0.39 is 5.82 Å². The van der Waals surface area contributed by atoms with E-state index >= 15 is 0 Å². The lowest BCUT2D eigenvalue weighted by molar-refractivity contribution is -0.120. The van der Waals surface area contributed by atoms with Gasteiger partial charge < -0.3 is 5.32 Å². The lowest BCUT2D eigenvalue weighted by atomic mass is 10.1. The van der Waals surface area contributed by atoms with Crippen LogP contribution in [0, 0.1) is 12.7 Å². The monoisotopic (exact) mass is 409 g/mol. The van der Waals surface area contributed by atoms with Crippen LogP contribution in [0.1, 0.15) is 17.0 Å². The van der Waals surface area contributed by atoms with E-state index in [9.17, 15) is 9.18 Å². The largest absolute Gasteiger partial charge is 0.348 e. The summed E-state index contributed by atoms with van der Waals surface area (Å²) in [6, 6.07) is 16.0. The number of nitrogens with one attached hydrogen (secondary N) is 1. The zero-order valence-corrected chi connectivity index (χ0v) is 16.3. The summed E-state index contributed by atoms with van der Waals surface area (Å²) in [5.41, 5.74) is 3.63. The number of aryl methyl sites for hydroxylation is 1. The Morgan fingerprint density at radius 3 is 2.66 bits per heavy atom. The third kappa shape index (κ3) is 4.09. The Morgan fingerprint density at radius 1 is 1.10 bits per heavy atom. The normalized spacial score (nSPS) is 11.0. The standard InChI is InChI=1S/C21H17ClFN5O/c1-13-5-7-14(8-6-13)18-9-10-19-25-26-20(28(19)27-18)12-24-21(29)11-15-16(22)3-2-4-17(15)23/h2-10H,11-12H2,1H3,(H,24,29). The van der Waals surface area contributed by atoms with E-state index in [0.717, 1.165) is 16.8 Å². The van der Waals surface area contributed by atoms with Gasteiger partial charge in [0.25, 0.3) is 0 Å². The van der Waals surface area contributed by atoms with E-state index in [1.807, 2.05) is 43.3 Å². The van der Waals surface area contributed by atoms with Gasteiger partial charge in [0.1, 0.15) is 5.82 Å². The van der Waals surface area contributed by atoms with E-state index in [1.165, 1.54) is 12.1 Å². The van der Waals surface area contributed by atoms with Crippen LogP contribution in [0.2, 0.25) is 5.02 Å². The molecule has 0 unspecified atom stereocenters. The number of amides is 1. The van der Waals surface area contributed by atoms with Crippen molar-refractivity contribution < 1.29 is 9.18 Å². The number of aromatic nitrogens is 4. The highest BCUT2D eigenvalue weighted by atomic mass is 35.5. The average molecular weight is 410 g/mol. The van der Waals surface area contributed by atoms with E-state index in [1.54, 1.807) is 10.6 Å². The smallest absolute Gasteiger partial charge is 0.224 e. The van der Waals surface area contributed by atoms with Gasteiger partial charge in [-0.25, -0.2) is 4.39 Å². The lowest BCUT2D eigenvalue weighted by Gasteiger charge is -2.07.